The molecule has 1 atom stereocenters. The molecule has 2 N–H and O–H groups in total. The molecule has 0 aliphatic carbocycles. The maximum atomic E-state index is 11.6. The Balaban J connectivity index is 0.00000180. The smallest absolute Gasteiger partial charge is 0.258 e. The van der Waals surface area contributed by atoms with E-state index in [0.717, 1.165) is 19.5 Å². The minimum atomic E-state index is -0.139. The number of nitrogens with one attached hydrogen (secondary N) is 2. The first kappa shape index (κ1) is 16.4. The molecule has 1 fully saturated rings. The third-order valence-corrected chi connectivity index (χ3v) is 3.07. The van der Waals surface area contributed by atoms with Gasteiger partial charge in [-0.1, -0.05) is 23.2 Å². The Labute approximate surface area is 128 Å². The summed E-state index contributed by atoms with van der Waals surface area (Å²) in [6, 6.07) is 5.06. The quantitative estimate of drug-likeness (QED) is 0.893. The van der Waals surface area contributed by atoms with Gasteiger partial charge in [0.05, 0.1) is 0 Å². The molecule has 0 saturated carbocycles. The number of carbonyl (C=O) groups excluding carboxylic acids is 1. The predicted molar refractivity (Wildman–Crippen MR) is 78.6 cm³/mol. The van der Waals surface area contributed by atoms with E-state index >= 15 is 0 Å². The molecule has 1 aliphatic rings. The Morgan fingerprint density at radius 3 is 2.63 bits per heavy atom. The number of carbonyl (C=O) groups is 1. The Hall–Kier alpha value is -0.680. The third-order valence-electron chi connectivity index (χ3n) is 2.63. The second-order valence-electron chi connectivity index (χ2n) is 4.15. The molecule has 0 spiro atoms. The van der Waals surface area contributed by atoms with Crippen LogP contribution in [0.4, 0.5) is 0 Å². The van der Waals surface area contributed by atoms with Gasteiger partial charge in [-0.05, 0) is 31.2 Å². The van der Waals surface area contributed by atoms with Crippen molar-refractivity contribution in [2.24, 2.45) is 0 Å². The summed E-state index contributed by atoms with van der Waals surface area (Å²) in [5.41, 5.74) is 0. The van der Waals surface area contributed by atoms with Crippen molar-refractivity contribution in [1.82, 2.24) is 10.6 Å². The molecule has 106 valence electrons. The van der Waals surface area contributed by atoms with Crippen molar-refractivity contribution in [2.45, 2.75) is 12.5 Å². The lowest BCUT2D eigenvalue weighted by molar-refractivity contribution is -0.123. The largest absolute Gasteiger partial charge is 0.484 e. The second-order valence-corrected chi connectivity index (χ2v) is 5.02. The van der Waals surface area contributed by atoms with Crippen LogP contribution in [-0.4, -0.2) is 31.6 Å². The summed E-state index contributed by atoms with van der Waals surface area (Å²) in [7, 11) is 0. The SMILES string of the molecule is Cl.O=C(COc1cc(Cl)cc(Cl)c1)NC1CCNC1. The van der Waals surface area contributed by atoms with Gasteiger partial charge in [0.1, 0.15) is 5.75 Å². The van der Waals surface area contributed by atoms with E-state index in [4.69, 9.17) is 27.9 Å². The third kappa shape index (κ3) is 5.45. The van der Waals surface area contributed by atoms with Gasteiger partial charge >= 0.3 is 0 Å². The van der Waals surface area contributed by atoms with Crippen molar-refractivity contribution in [3.63, 3.8) is 0 Å². The van der Waals surface area contributed by atoms with Crippen LogP contribution in [-0.2, 0) is 4.79 Å². The first-order valence-corrected chi connectivity index (χ1v) is 6.48. The molecule has 0 radical (unpaired) electrons. The average Bonchev–Trinajstić information content (AvgIpc) is 2.78. The average molecular weight is 326 g/mol. The van der Waals surface area contributed by atoms with E-state index in [1.807, 2.05) is 0 Å². The molecular formula is C12H15Cl3N2O2. The molecule has 1 aliphatic heterocycles. The topological polar surface area (TPSA) is 50.4 Å². The predicted octanol–water partition coefficient (Wildman–Crippen LogP) is 2.27. The van der Waals surface area contributed by atoms with E-state index in [1.54, 1.807) is 18.2 Å². The summed E-state index contributed by atoms with van der Waals surface area (Å²) < 4.78 is 5.34. The van der Waals surface area contributed by atoms with E-state index in [2.05, 4.69) is 10.6 Å². The van der Waals surface area contributed by atoms with Crippen LogP contribution >= 0.6 is 35.6 Å². The molecule has 1 unspecified atom stereocenters. The fourth-order valence-electron chi connectivity index (χ4n) is 1.81. The van der Waals surface area contributed by atoms with Crippen molar-refractivity contribution in [2.75, 3.05) is 19.7 Å². The number of halogens is 3. The fourth-order valence-corrected chi connectivity index (χ4v) is 2.31. The molecule has 19 heavy (non-hydrogen) atoms. The van der Waals surface area contributed by atoms with Crippen LogP contribution in [0.5, 0.6) is 5.75 Å². The van der Waals surface area contributed by atoms with Crippen molar-refractivity contribution in [1.29, 1.82) is 0 Å². The number of amides is 1. The Morgan fingerprint density at radius 2 is 2.05 bits per heavy atom. The molecular weight excluding hydrogens is 311 g/mol. The lowest BCUT2D eigenvalue weighted by atomic mass is 10.2. The highest BCUT2D eigenvalue weighted by Gasteiger charge is 2.16. The first-order valence-electron chi connectivity index (χ1n) is 5.72. The summed E-state index contributed by atoms with van der Waals surface area (Å²) in [6.45, 7) is 1.72. The summed E-state index contributed by atoms with van der Waals surface area (Å²) in [4.78, 5) is 11.6. The molecule has 1 amide bonds. The van der Waals surface area contributed by atoms with Gasteiger partial charge in [0.25, 0.3) is 5.91 Å². The van der Waals surface area contributed by atoms with E-state index in [-0.39, 0.29) is 31.0 Å². The number of rotatable bonds is 4. The minimum Gasteiger partial charge on any atom is -0.484 e. The van der Waals surface area contributed by atoms with Crippen LogP contribution in [0.2, 0.25) is 10.0 Å². The minimum absolute atomic E-state index is 0. The van der Waals surface area contributed by atoms with Gasteiger partial charge in [0.15, 0.2) is 6.61 Å². The fraction of sp³-hybridized carbons (Fsp3) is 0.417. The molecule has 0 bridgehead atoms. The molecule has 1 heterocycles. The van der Waals surface area contributed by atoms with Gasteiger partial charge in [-0.2, -0.15) is 0 Å². The van der Waals surface area contributed by atoms with Gasteiger partial charge in [0.2, 0.25) is 0 Å². The number of hydrogen-bond acceptors (Lipinski definition) is 3. The summed E-state index contributed by atoms with van der Waals surface area (Å²) >= 11 is 11.7. The van der Waals surface area contributed by atoms with Crippen LogP contribution in [0.3, 0.4) is 0 Å². The molecule has 2 rings (SSSR count). The Bertz CT molecular complexity index is 417. The summed E-state index contributed by atoms with van der Waals surface area (Å²) in [5.74, 6) is 0.354. The molecule has 1 saturated heterocycles. The lowest BCUT2D eigenvalue weighted by Gasteiger charge is -2.12. The van der Waals surface area contributed by atoms with Crippen molar-refractivity contribution in [3.05, 3.63) is 28.2 Å². The number of hydrogen-bond donors (Lipinski definition) is 2. The zero-order chi connectivity index (χ0) is 13.0. The molecule has 7 heteroatoms. The van der Waals surface area contributed by atoms with Crippen LogP contribution in [0.1, 0.15) is 6.42 Å². The summed E-state index contributed by atoms with van der Waals surface area (Å²) in [5, 5.41) is 7.03. The highest BCUT2D eigenvalue weighted by atomic mass is 35.5. The number of benzene rings is 1. The van der Waals surface area contributed by atoms with Gasteiger partial charge in [-0.15, -0.1) is 12.4 Å². The van der Waals surface area contributed by atoms with Crippen LogP contribution in [0.25, 0.3) is 0 Å². The van der Waals surface area contributed by atoms with Gasteiger partial charge in [0, 0.05) is 22.6 Å². The highest BCUT2D eigenvalue weighted by molar-refractivity contribution is 6.34. The Kier molecular flexibility index (Phi) is 6.72. The van der Waals surface area contributed by atoms with Crippen molar-refractivity contribution >= 4 is 41.5 Å². The Morgan fingerprint density at radius 1 is 1.37 bits per heavy atom. The maximum absolute atomic E-state index is 11.6. The van der Waals surface area contributed by atoms with Crippen molar-refractivity contribution < 1.29 is 9.53 Å². The zero-order valence-corrected chi connectivity index (χ0v) is 12.4. The standard InChI is InChI=1S/C12H14Cl2N2O2.ClH/c13-8-3-9(14)5-11(4-8)18-7-12(17)16-10-1-2-15-6-10;/h3-5,10,15H,1-2,6-7H2,(H,16,17);1H. The van der Waals surface area contributed by atoms with E-state index < -0.39 is 0 Å². The van der Waals surface area contributed by atoms with Crippen LogP contribution in [0, 0.1) is 0 Å². The highest BCUT2D eigenvalue weighted by Crippen LogP contribution is 2.23. The monoisotopic (exact) mass is 324 g/mol. The molecule has 1 aromatic carbocycles. The van der Waals surface area contributed by atoms with Crippen molar-refractivity contribution in [3.8, 4) is 5.75 Å². The maximum Gasteiger partial charge on any atom is 0.258 e. The van der Waals surface area contributed by atoms with Gasteiger partial charge in [-0.25, -0.2) is 0 Å². The first-order chi connectivity index (χ1) is 8.63. The summed E-state index contributed by atoms with van der Waals surface area (Å²) in [6.07, 6.45) is 0.953. The molecule has 4 nitrogen and oxygen atoms in total. The van der Waals surface area contributed by atoms with E-state index in [1.165, 1.54) is 0 Å². The van der Waals surface area contributed by atoms with Gasteiger partial charge in [-0.3, -0.25) is 4.79 Å². The van der Waals surface area contributed by atoms with E-state index in [0.29, 0.717) is 15.8 Å². The van der Waals surface area contributed by atoms with E-state index in [9.17, 15) is 4.79 Å². The number of ether oxygens (including phenoxy) is 1. The lowest BCUT2D eigenvalue weighted by Crippen LogP contribution is -2.39. The zero-order valence-electron chi connectivity index (χ0n) is 10.1. The van der Waals surface area contributed by atoms with Gasteiger partial charge < -0.3 is 15.4 Å². The van der Waals surface area contributed by atoms with Crippen LogP contribution < -0.4 is 15.4 Å². The molecule has 1 aromatic rings. The second kappa shape index (κ2) is 7.80. The normalized spacial score (nSPS) is 17.7. The van der Waals surface area contributed by atoms with Crippen LogP contribution in [0.15, 0.2) is 18.2 Å². The molecule has 0 aromatic heterocycles.